The Balaban J connectivity index is 1.80. The fraction of sp³-hybridized carbons (Fsp3) is 0.444. The lowest BCUT2D eigenvalue weighted by molar-refractivity contribution is -0.119. The number of fused-ring (bicyclic) bond motifs is 6. The molecule has 35 heavy (non-hydrogen) atoms. The van der Waals surface area contributed by atoms with Crippen molar-refractivity contribution in [3.8, 4) is 17.6 Å². The van der Waals surface area contributed by atoms with Crippen LogP contribution >= 0.6 is 0 Å². The molecule has 0 amide bonds. The van der Waals surface area contributed by atoms with Gasteiger partial charge in [-0.05, 0) is 50.9 Å². The number of hydrogen-bond acceptors (Lipinski definition) is 8. The molecule has 8 heteroatoms. The molecule has 0 radical (unpaired) electrons. The van der Waals surface area contributed by atoms with Crippen LogP contribution in [0.4, 0.5) is 0 Å². The number of likely N-dealkylation sites (N-methyl/N-ethyl adjacent to an activating group) is 1. The molecule has 3 heterocycles. The van der Waals surface area contributed by atoms with Gasteiger partial charge >= 0.3 is 0 Å². The van der Waals surface area contributed by atoms with Gasteiger partial charge < -0.3 is 19.5 Å². The average Bonchev–Trinajstić information content (AvgIpc) is 2.83. The first-order chi connectivity index (χ1) is 16.7. The number of phenolic OH excluding ortho intramolecular Hbond substituents is 1. The van der Waals surface area contributed by atoms with Crippen molar-refractivity contribution in [2.45, 2.75) is 57.8 Å². The van der Waals surface area contributed by atoms with Crippen molar-refractivity contribution in [2.75, 3.05) is 21.3 Å². The third-order valence-electron chi connectivity index (χ3n) is 8.00. The summed E-state index contributed by atoms with van der Waals surface area (Å²) >= 11 is 0. The lowest BCUT2D eigenvalue weighted by atomic mass is 9.73. The Bertz CT molecular complexity index is 1310. The maximum atomic E-state index is 13.5. The summed E-state index contributed by atoms with van der Waals surface area (Å²) in [5.41, 5.74) is 4.26. The predicted molar refractivity (Wildman–Crippen MR) is 128 cm³/mol. The molecule has 1 fully saturated rings. The first kappa shape index (κ1) is 23.2. The molecule has 8 nitrogen and oxygen atoms in total. The number of methoxy groups -OCH3 is 2. The van der Waals surface area contributed by atoms with Crippen LogP contribution in [-0.2, 0) is 20.7 Å². The summed E-state index contributed by atoms with van der Waals surface area (Å²) in [7, 11) is 4.87. The van der Waals surface area contributed by atoms with Crippen molar-refractivity contribution >= 4 is 11.6 Å². The van der Waals surface area contributed by atoms with Crippen LogP contribution in [0.1, 0.15) is 43.0 Å². The van der Waals surface area contributed by atoms with Gasteiger partial charge in [-0.2, -0.15) is 5.26 Å². The molecule has 1 N–H and O–H groups in total. The number of benzene rings is 1. The van der Waals surface area contributed by atoms with Crippen molar-refractivity contribution in [3.05, 3.63) is 57.0 Å². The second-order valence-corrected chi connectivity index (χ2v) is 9.61. The largest absolute Gasteiger partial charge is 0.504 e. The molecule has 0 spiro atoms. The minimum Gasteiger partial charge on any atom is -0.504 e. The summed E-state index contributed by atoms with van der Waals surface area (Å²) in [5.74, 6) is 0.00578. The van der Waals surface area contributed by atoms with E-state index in [1.165, 1.54) is 14.2 Å². The predicted octanol–water partition coefficient (Wildman–Crippen LogP) is 2.86. The molecule has 1 aromatic carbocycles. The van der Waals surface area contributed by atoms with Gasteiger partial charge in [0.2, 0.25) is 5.78 Å². The minimum atomic E-state index is -0.542. The number of carbonyl (C=O) groups excluding carboxylic acids is 2. The van der Waals surface area contributed by atoms with Crippen molar-refractivity contribution in [3.63, 3.8) is 0 Å². The van der Waals surface area contributed by atoms with Gasteiger partial charge in [0.05, 0.1) is 32.4 Å². The topological polar surface area (TPSA) is 103 Å². The molecule has 1 aromatic rings. The van der Waals surface area contributed by atoms with E-state index in [4.69, 9.17) is 9.47 Å². The van der Waals surface area contributed by atoms with E-state index in [2.05, 4.69) is 11.0 Å². The fourth-order valence-corrected chi connectivity index (χ4v) is 6.47. The van der Waals surface area contributed by atoms with Crippen LogP contribution < -0.4 is 4.74 Å². The minimum absolute atomic E-state index is 0.0649. The quantitative estimate of drug-likeness (QED) is 0.666. The average molecular weight is 476 g/mol. The van der Waals surface area contributed by atoms with E-state index >= 15 is 0 Å². The van der Waals surface area contributed by atoms with Gasteiger partial charge in [-0.1, -0.05) is 13.0 Å². The van der Waals surface area contributed by atoms with Gasteiger partial charge in [-0.15, -0.1) is 0 Å². The zero-order chi connectivity index (χ0) is 25.3. The zero-order valence-electron chi connectivity index (χ0n) is 20.8. The molecule has 182 valence electrons. The summed E-state index contributed by atoms with van der Waals surface area (Å²) in [4.78, 5) is 31.0. The SMILES string of the molecule is CC[C@H]1C2=C(C=C3[C@H]4c5c(cc(C)c(OC)c5O)C[C@@H]([C@H](C#N)N31)N4C)C(=O)C(C)=C(OC)C2=O. The summed E-state index contributed by atoms with van der Waals surface area (Å²) in [5, 5.41) is 21.6. The smallest absolute Gasteiger partial charge is 0.226 e. The molecular formula is C27H29N3O5. The van der Waals surface area contributed by atoms with E-state index in [0.29, 0.717) is 29.7 Å². The Hall–Kier alpha value is -3.57. The van der Waals surface area contributed by atoms with Gasteiger partial charge in [0, 0.05) is 34.0 Å². The highest BCUT2D eigenvalue weighted by Gasteiger charge is 2.54. The molecule has 0 aromatic heterocycles. The number of hydrogen-bond donors (Lipinski definition) is 1. The fourth-order valence-electron chi connectivity index (χ4n) is 6.47. The summed E-state index contributed by atoms with van der Waals surface area (Å²) in [6.45, 7) is 5.44. The normalized spacial score (nSPS) is 27.7. The number of phenols is 1. The van der Waals surface area contributed by atoms with Gasteiger partial charge in [-0.25, -0.2) is 0 Å². The maximum absolute atomic E-state index is 13.5. The molecule has 1 aliphatic carbocycles. The van der Waals surface area contributed by atoms with E-state index in [9.17, 15) is 20.0 Å². The molecule has 0 unspecified atom stereocenters. The highest BCUT2D eigenvalue weighted by Crippen LogP contribution is 2.54. The Kier molecular flexibility index (Phi) is 5.29. The highest BCUT2D eigenvalue weighted by atomic mass is 16.5. The summed E-state index contributed by atoms with van der Waals surface area (Å²) in [6.07, 6.45) is 2.85. The number of allylic oxidation sites excluding steroid dienone is 4. The molecule has 1 saturated heterocycles. The molecule has 4 atom stereocenters. The number of aryl methyl sites for hydroxylation is 1. The van der Waals surface area contributed by atoms with E-state index < -0.39 is 18.1 Å². The lowest BCUT2D eigenvalue weighted by Crippen LogP contribution is -2.64. The van der Waals surface area contributed by atoms with Crippen LogP contribution in [0.25, 0.3) is 0 Å². The van der Waals surface area contributed by atoms with Gasteiger partial charge in [0.15, 0.2) is 23.0 Å². The van der Waals surface area contributed by atoms with Crippen molar-refractivity contribution in [2.24, 2.45) is 0 Å². The van der Waals surface area contributed by atoms with E-state index in [1.54, 1.807) is 13.0 Å². The van der Waals surface area contributed by atoms with Crippen molar-refractivity contribution < 1.29 is 24.2 Å². The summed E-state index contributed by atoms with van der Waals surface area (Å²) in [6, 6.07) is 2.94. The van der Waals surface area contributed by atoms with Crippen LogP contribution in [0.2, 0.25) is 0 Å². The molecule has 0 saturated carbocycles. The van der Waals surface area contributed by atoms with E-state index in [0.717, 1.165) is 22.4 Å². The molecule has 2 bridgehead atoms. The van der Waals surface area contributed by atoms with Gasteiger partial charge in [-0.3, -0.25) is 14.5 Å². The van der Waals surface area contributed by atoms with E-state index in [1.807, 2.05) is 31.9 Å². The Morgan fingerprint density at radius 2 is 1.91 bits per heavy atom. The number of ketones is 2. The first-order valence-electron chi connectivity index (χ1n) is 11.8. The second-order valence-electron chi connectivity index (χ2n) is 9.61. The Morgan fingerprint density at radius 3 is 2.51 bits per heavy atom. The number of piperazine rings is 1. The Labute approximate surface area is 204 Å². The number of nitrogens with zero attached hydrogens (tertiary/aromatic N) is 3. The van der Waals surface area contributed by atoms with Crippen molar-refractivity contribution in [1.82, 2.24) is 9.80 Å². The summed E-state index contributed by atoms with van der Waals surface area (Å²) < 4.78 is 10.8. The van der Waals surface area contributed by atoms with E-state index in [-0.39, 0.29) is 34.7 Å². The van der Waals surface area contributed by atoms with Crippen LogP contribution in [0.15, 0.2) is 40.3 Å². The third kappa shape index (κ3) is 2.88. The van der Waals surface area contributed by atoms with Gasteiger partial charge in [0.1, 0.15) is 6.04 Å². The lowest BCUT2D eigenvalue weighted by Gasteiger charge is -2.57. The molecular weight excluding hydrogens is 446 g/mol. The monoisotopic (exact) mass is 475 g/mol. The number of Topliss-reactive ketones (excluding diaryl/α,β-unsaturated/α-hetero) is 2. The van der Waals surface area contributed by atoms with Crippen LogP contribution in [0.3, 0.4) is 0 Å². The zero-order valence-corrected chi connectivity index (χ0v) is 20.8. The van der Waals surface area contributed by atoms with Crippen LogP contribution in [0.5, 0.6) is 11.5 Å². The molecule has 4 aliphatic rings. The number of rotatable bonds is 3. The number of carbonyl (C=O) groups is 2. The third-order valence-corrected chi connectivity index (χ3v) is 8.00. The van der Waals surface area contributed by atoms with Gasteiger partial charge in [0.25, 0.3) is 0 Å². The number of ether oxygens (including phenoxy) is 2. The number of aromatic hydroxyl groups is 1. The molecule has 5 rings (SSSR count). The van der Waals surface area contributed by atoms with Crippen LogP contribution in [-0.4, -0.2) is 65.9 Å². The first-order valence-corrected chi connectivity index (χ1v) is 11.8. The molecule has 3 aliphatic heterocycles. The number of nitriles is 1. The van der Waals surface area contributed by atoms with Crippen LogP contribution in [0, 0.1) is 18.3 Å². The highest BCUT2D eigenvalue weighted by molar-refractivity contribution is 6.26. The van der Waals surface area contributed by atoms with Crippen molar-refractivity contribution in [1.29, 1.82) is 5.26 Å². The second kappa shape index (κ2) is 7.99. The standard InChI is InChI=1S/C27H29N3O5/c1-7-16-21-15(23(31)13(3)27(35-6)25(21)33)10-18-22-20-14(8-12(2)26(34-5)24(20)32)9-17(29(22)4)19(11-28)30(16)18/h8,10,16-17,19,22,32H,7,9H2,1-6H3/t16-,17-,19-,22-/m0/s1. The Morgan fingerprint density at radius 1 is 1.20 bits per heavy atom. The maximum Gasteiger partial charge on any atom is 0.226 e.